The van der Waals surface area contributed by atoms with Crippen LogP contribution < -0.4 is 5.32 Å². The lowest BCUT2D eigenvalue weighted by atomic mass is 10.1. The normalized spacial score (nSPS) is 17.7. The molecule has 4 heteroatoms. The first kappa shape index (κ1) is 14.5. The second kappa shape index (κ2) is 6.97. The minimum absolute atomic E-state index is 0.219. The number of nitrogens with zero attached hydrogens (tertiary/aromatic N) is 1. The zero-order valence-corrected chi connectivity index (χ0v) is 11.3. The van der Waals surface area contributed by atoms with E-state index in [1.54, 1.807) is 0 Å². The number of carboxylic acids is 1. The van der Waals surface area contributed by atoms with Crippen LogP contribution in [0.5, 0.6) is 0 Å². The second-order valence-electron chi connectivity index (χ2n) is 5.27. The number of nitrogens with one attached hydrogen (secondary N) is 1. The van der Waals surface area contributed by atoms with Gasteiger partial charge in [0, 0.05) is 18.6 Å². The summed E-state index contributed by atoms with van der Waals surface area (Å²) in [4.78, 5) is 13.6. The van der Waals surface area contributed by atoms with E-state index < -0.39 is 12.0 Å². The summed E-state index contributed by atoms with van der Waals surface area (Å²) >= 11 is 0. The van der Waals surface area contributed by atoms with E-state index >= 15 is 0 Å². The zero-order chi connectivity index (χ0) is 12.8. The predicted molar refractivity (Wildman–Crippen MR) is 69.2 cm³/mol. The highest BCUT2D eigenvalue weighted by molar-refractivity contribution is 5.73. The quantitative estimate of drug-likeness (QED) is 0.646. The SMILES string of the molecule is CCCN(CCC(NC(C)C)C(=O)O)C1CC1. The maximum absolute atomic E-state index is 11.1. The van der Waals surface area contributed by atoms with Crippen LogP contribution >= 0.6 is 0 Å². The molecule has 0 heterocycles. The van der Waals surface area contributed by atoms with Gasteiger partial charge in [0.1, 0.15) is 6.04 Å². The van der Waals surface area contributed by atoms with Crippen LogP contribution in [0.1, 0.15) is 46.5 Å². The van der Waals surface area contributed by atoms with Crippen molar-refractivity contribution in [1.82, 2.24) is 10.2 Å². The van der Waals surface area contributed by atoms with Crippen molar-refractivity contribution in [3.8, 4) is 0 Å². The van der Waals surface area contributed by atoms with Gasteiger partial charge in [-0.3, -0.25) is 4.79 Å². The lowest BCUT2D eigenvalue weighted by Crippen LogP contribution is -2.43. The minimum Gasteiger partial charge on any atom is -0.480 e. The van der Waals surface area contributed by atoms with Gasteiger partial charge in [-0.05, 0) is 32.2 Å². The van der Waals surface area contributed by atoms with Crippen LogP contribution in [0.25, 0.3) is 0 Å². The van der Waals surface area contributed by atoms with E-state index in [-0.39, 0.29) is 6.04 Å². The number of hydrogen-bond donors (Lipinski definition) is 2. The molecular formula is C13H26N2O2. The van der Waals surface area contributed by atoms with Gasteiger partial charge < -0.3 is 15.3 Å². The molecule has 1 fully saturated rings. The Labute approximate surface area is 104 Å². The third-order valence-corrected chi connectivity index (χ3v) is 3.11. The molecule has 1 atom stereocenters. The summed E-state index contributed by atoms with van der Waals surface area (Å²) in [5.74, 6) is -0.731. The van der Waals surface area contributed by atoms with Crippen LogP contribution in [0.2, 0.25) is 0 Å². The molecule has 1 aliphatic rings. The highest BCUT2D eigenvalue weighted by Crippen LogP contribution is 2.27. The molecular weight excluding hydrogens is 216 g/mol. The zero-order valence-electron chi connectivity index (χ0n) is 11.3. The number of hydrogen-bond acceptors (Lipinski definition) is 3. The lowest BCUT2D eigenvalue weighted by Gasteiger charge is -2.24. The van der Waals surface area contributed by atoms with Gasteiger partial charge in [0.15, 0.2) is 0 Å². The Morgan fingerprint density at radius 1 is 1.41 bits per heavy atom. The highest BCUT2D eigenvalue weighted by atomic mass is 16.4. The smallest absolute Gasteiger partial charge is 0.320 e. The Bertz CT molecular complexity index is 240. The molecule has 2 N–H and O–H groups in total. The van der Waals surface area contributed by atoms with Crippen molar-refractivity contribution in [3.63, 3.8) is 0 Å². The molecule has 0 radical (unpaired) electrons. The first-order valence-electron chi connectivity index (χ1n) is 6.77. The van der Waals surface area contributed by atoms with Crippen LogP contribution in [0.3, 0.4) is 0 Å². The summed E-state index contributed by atoms with van der Waals surface area (Å²) < 4.78 is 0. The molecule has 1 rings (SSSR count). The van der Waals surface area contributed by atoms with Crippen molar-refractivity contribution in [3.05, 3.63) is 0 Å². The molecule has 0 bridgehead atoms. The number of rotatable bonds is 9. The standard InChI is InChI=1S/C13H26N2O2/c1-4-8-15(11-5-6-11)9-7-12(13(16)17)14-10(2)3/h10-12,14H,4-9H2,1-3H3,(H,16,17). The Balaban J connectivity index is 2.35. The molecule has 0 amide bonds. The van der Waals surface area contributed by atoms with Crippen molar-refractivity contribution in [2.45, 2.75) is 64.6 Å². The first-order chi connectivity index (χ1) is 8.04. The minimum atomic E-state index is -0.731. The Morgan fingerprint density at radius 3 is 2.47 bits per heavy atom. The number of carboxylic acid groups (broad SMARTS) is 1. The fourth-order valence-electron chi connectivity index (χ4n) is 2.18. The van der Waals surface area contributed by atoms with Crippen LogP contribution in [0, 0.1) is 0 Å². The molecule has 1 aliphatic carbocycles. The van der Waals surface area contributed by atoms with E-state index in [0.717, 1.165) is 25.6 Å². The predicted octanol–water partition coefficient (Wildman–Crippen LogP) is 1.70. The number of aliphatic carboxylic acids is 1. The molecule has 0 spiro atoms. The molecule has 0 saturated heterocycles. The average Bonchev–Trinajstić information content (AvgIpc) is 3.05. The van der Waals surface area contributed by atoms with Crippen molar-refractivity contribution in [1.29, 1.82) is 0 Å². The third-order valence-electron chi connectivity index (χ3n) is 3.11. The maximum Gasteiger partial charge on any atom is 0.320 e. The summed E-state index contributed by atoms with van der Waals surface area (Å²) in [5.41, 5.74) is 0. The summed E-state index contributed by atoms with van der Waals surface area (Å²) in [6.07, 6.45) is 4.42. The topological polar surface area (TPSA) is 52.6 Å². The summed E-state index contributed by atoms with van der Waals surface area (Å²) in [6, 6.07) is 0.535. The molecule has 0 aromatic rings. The van der Waals surface area contributed by atoms with E-state index in [1.165, 1.54) is 12.8 Å². The maximum atomic E-state index is 11.1. The van der Waals surface area contributed by atoms with Gasteiger partial charge in [-0.1, -0.05) is 20.8 Å². The van der Waals surface area contributed by atoms with Crippen LogP contribution in [0.4, 0.5) is 0 Å². The van der Waals surface area contributed by atoms with E-state index in [9.17, 15) is 4.79 Å². The van der Waals surface area contributed by atoms with E-state index in [1.807, 2.05) is 13.8 Å². The van der Waals surface area contributed by atoms with Crippen LogP contribution in [0.15, 0.2) is 0 Å². The largest absolute Gasteiger partial charge is 0.480 e. The van der Waals surface area contributed by atoms with E-state index in [4.69, 9.17) is 5.11 Å². The molecule has 0 aromatic carbocycles. The van der Waals surface area contributed by atoms with Crippen molar-refractivity contribution < 1.29 is 9.90 Å². The van der Waals surface area contributed by atoms with Gasteiger partial charge >= 0.3 is 5.97 Å². The first-order valence-corrected chi connectivity index (χ1v) is 6.77. The van der Waals surface area contributed by atoms with Gasteiger partial charge in [0.25, 0.3) is 0 Å². The molecule has 100 valence electrons. The van der Waals surface area contributed by atoms with Gasteiger partial charge in [-0.15, -0.1) is 0 Å². The summed E-state index contributed by atoms with van der Waals surface area (Å²) in [6.45, 7) is 8.14. The molecule has 1 unspecified atom stereocenters. The highest BCUT2D eigenvalue weighted by Gasteiger charge is 2.29. The van der Waals surface area contributed by atoms with Crippen LogP contribution in [-0.2, 0) is 4.79 Å². The molecule has 0 aromatic heterocycles. The molecule has 1 saturated carbocycles. The van der Waals surface area contributed by atoms with Gasteiger partial charge in [0.05, 0.1) is 0 Å². The van der Waals surface area contributed by atoms with Gasteiger partial charge in [-0.2, -0.15) is 0 Å². The Kier molecular flexibility index (Phi) is 5.92. The van der Waals surface area contributed by atoms with Crippen LogP contribution in [-0.4, -0.2) is 47.2 Å². The summed E-state index contributed by atoms with van der Waals surface area (Å²) in [5, 5.41) is 12.2. The molecule has 0 aliphatic heterocycles. The summed E-state index contributed by atoms with van der Waals surface area (Å²) in [7, 11) is 0. The number of carbonyl (C=O) groups is 1. The molecule has 4 nitrogen and oxygen atoms in total. The fourth-order valence-corrected chi connectivity index (χ4v) is 2.18. The monoisotopic (exact) mass is 242 g/mol. The average molecular weight is 242 g/mol. The Morgan fingerprint density at radius 2 is 2.06 bits per heavy atom. The van der Waals surface area contributed by atoms with Gasteiger partial charge in [0.2, 0.25) is 0 Å². The van der Waals surface area contributed by atoms with E-state index in [2.05, 4.69) is 17.1 Å². The Hall–Kier alpha value is -0.610. The second-order valence-corrected chi connectivity index (χ2v) is 5.27. The fraction of sp³-hybridized carbons (Fsp3) is 0.923. The van der Waals surface area contributed by atoms with Crippen molar-refractivity contribution >= 4 is 5.97 Å². The van der Waals surface area contributed by atoms with Gasteiger partial charge in [-0.25, -0.2) is 0 Å². The van der Waals surface area contributed by atoms with E-state index in [0.29, 0.717) is 6.42 Å². The lowest BCUT2D eigenvalue weighted by molar-refractivity contribution is -0.140. The van der Waals surface area contributed by atoms with Crippen molar-refractivity contribution in [2.75, 3.05) is 13.1 Å². The van der Waals surface area contributed by atoms with Crippen molar-refractivity contribution in [2.24, 2.45) is 0 Å². The third kappa shape index (κ3) is 5.50. The molecule has 17 heavy (non-hydrogen) atoms.